The molecule has 0 spiro atoms. The number of carbonyl (C=O) groups excluding carboxylic acids is 2. The molecule has 168 valence electrons. The van der Waals surface area contributed by atoms with Crippen LogP contribution < -0.4 is 14.4 Å². The van der Waals surface area contributed by atoms with Crippen LogP contribution in [0.2, 0.25) is 10.0 Å². The van der Waals surface area contributed by atoms with E-state index in [2.05, 4.69) is 10.2 Å². The molecule has 0 radical (unpaired) electrons. The highest BCUT2D eigenvalue weighted by Crippen LogP contribution is 2.44. The molecule has 2 aliphatic rings. The zero-order chi connectivity index (χ0) is 23.3. The van der Waals surface area contributed by atoms with Crippen molar-refractivity contribution in [2.75, 3.05) is 18.1 Å². The number of anilines is 1. The lowest BCUT2D eigenvalue weighted by Crippen LogP contribution is -2.29. The monoisotopic (exact) mass is 503 g/mol. The molecule has 1 amide bonds. The Labute approximate surface area is 202 Å². The number of amides is 1. The second-order valence-corrected chi connectivity index (χ2v) is 9.28. The van der Waals surface area contributed by atoms with Crippen LogP contribution in [0, 0.1) is 6.92 Å². The summed E-state index contributed by atoms with van der Waals surface area (Å²) >= 11 is 13.5. The third-order valence-corrected chi connectivity index (χ3v) is 6.82. The molecule has 5 rings (SSSR count). The minimum absolute atomic E-state index is 0.108. The largest absolute Gasteiger partial charge is 0.507 e. The second kappa shape index (κ2) is 8.33. The maximum absolute atomic E-state index is 13.2. The van der Waals surface area contributed by atoms with Gasteiger partial charge in [0.15, 0.2) is 11.5 Å². The van der Waals surface area contributed by atoms with Crippen LogP contribution in [0.3, 0.4) is 0 Å². The van der Waals surface area contributed by atoms with Crippen molar-refractivity contribution >= 4 is 57.1 Å². The molecule has 1 fully saturated rings. The zero-order valence-electron chi connectivity index (χ0n) is 17.0. The highest BCUT2D eigenvalue weighted by atomic mass is 35.5. The maximum Gasteiger partial charge on any atom is 0.301 e. The minimum Gasteiger partial charge on any atom is -0.507 e. The number of fused-ring (bicyclic) bond motifs is 1. The second-order valence-electron chi connectivity index (χ2n) is 7.30. The van der Waals surface area contributed by atoms with Gasteiger partial charge in [-0.1, -0.05) is 40.6 Å². The molecule has 11 heteroatoms. The van der Waals surface area contributed by atoms with Crippen molar-refractivity contribution in [3.8, 4) is 11.5 Å². The third kappa shape index (κ3) is 3.72. The lowest BCUT2D eigenvalue weighted by Gasteiger charge is -2.23. The number of ketones is 1. The number of hydrogen-bond donors (Lipinski definition) is 1. The quantitative estimate of drug-likeness (QED) is 0.317. The number of hydrogen-bond acceptors (Lipinski definition) is 8. The van der Waals surface area contributed by atoms with Crippen LogP contribution in [-0.4, -0.2) is 40.2 Å². The normalized spacial score (nSPS) is 19.2. The molecule has 1 atom stereocenters. The lowest BCUT2D eigenvalue weighted by atomic mass is 9.95. The molecule has 33 heavy (non-hydrogen) atoms. The number of benzene rings is 2. The van der Waals surface area contributed by atoms with Crippen molar-refractivity contribution in [1.29, 1.82) is 0 Å². The van der Waals surface area contributed by atoms with Crippen LogP contribution in [-0.2, 0) is 9.59 Å². The van der Waals surface area contributed by atoms with E-state index < -0.39 is 17.7 Å². The van der Waals surface area contributed by atoms with Crippen LogP contribution in [0.5, 0.6) is 11.5 Å². The summed E-state index contributed by atoms with van der Waals surface area (Å²) in [6.07, 6.45) is 0. The summed E-state index contributed by atoms with van der Waals surface area (Å²) in [6.45, 7) is 2.52. The van der Waals surface area contributed by atoms with E-state index in [9.17, 15) is 14.7 Å². The van der Waals surface area contributed by atoms with Gasteiger partial charge in [0.1, 0.15) is 24.0 Å². The van der Waals surface area contributed by atoms with E-state index in [1.165, 1.54) is 4.90 Å². The summed E-state index contributed by atoms with van der Waals surface area (Å²) in [7, 11) is 0. The summed E-state index contributed by atoms with van der Waals surface area (Å²) in [6, 6.07) is 8.58. The Hall–Kier alpha value is -3.14. The van der Waals surface area contributed by atoms with Gasteiger partial charge in [-0.2, -0.15) is 0 Å². The van der Waals surface area contributed by atoms with Crippen LogP contribution in [0.25, 0.3) is 5.76 Å². The average Bonchev–Trinajstić information content (AvgIpc) is 3.35. The Morgan fingerprint density at radius 3 is 2.52 bits per heavy atom. The van der Waals surface area contributed by atoms with E-state index >= 15 is 0 Å². The smallest absolute Gasteiger partial charge is 0.301 e. The van der Waals surface area contributed by atoms with E-state index in [1.807, 2.05) is 0 Å². The molecule has 0 aliphatic carbocycles. The van der Waals surface area contributed by atoms with Gasteiger partial charge in [0.2, 0.25) is 5.13 Å². The molecule has 0 bridgehead atoms. The third-order valence-electron chi connectivity index (χ3n) is 5.24. The summed E-state index contributed by atoms with van der Waals surface area (Å²) in [4.78, 5) is 27.5. The predicted molar refractivity (Wildman–Crippen MR) is 123 cm³/mol. The van der Waals surface area contributed by atoms with Gasteiger partial charge < -0.3 is 14.6 Å². The predicted octanol–water partition coefficient (Wildman–Crippen LogP) is 4.55. The number of carbonyl (C=O) groups is 2. The lowest BCUT2D eigenvalue weighted by molar-refractivity contribution is -0.132. The Bertz CT molecular complexity index is 1340. The van der Waals surface area contributed by atoms with E-state index in [0.29, 0.717) is 45.9 Å². The molecule has 3 heterocycles. The molecule has 0 saturated carbocycles. The van der Waals surface area contributed by atoms with Gasteiger partial charge in [-0.15, -0.1) is 10.2 Å². The summed E-state index contributed by atoms with van der Waals surface area (Å²) in [5.41, 5.74) is 0.675. The molecule has 8 nitrogen and oxygen atoms in total. The SMILES string of the molecule is Cc1nnc(N2C(=O)C(=O)/C(=C(/O)c3ccc4c(c3)OCCO4)C2c2ccc(Cl)c(Cl)c2)s1. The minimum atomic E-state index is -0.986. The number of nitrogens with zero attached hydrogens (tertiary/aromatic N) is 3. The summed E-state index contributed by atoms with van der Waals surface area (Å²) in [5, 5.41) is 20.6. The molecule has 2 aliphatic heterocycles. The van der Waals surface area contributed by atoms with Gasteiger partial charge in [-0.05, 0) is 42.8 Å². The zero-order valence-corrected chi connectivity index (χ0v) is 19.4. The molecule has 3 aromatic rings. The highest BCUT2D eigenvalue weighted by Gasteiger charge is 2.48. The number of aryl methyl sites for hydroxylation is 1. The van der Waals surface area contributed by atoms with E-state index in [1.54, 1.807) is 43.3 Å². The van der Waals surface area contributed by atoms with Gasteiger partial charge in [-0.25, -0.2) is 0 Å². The molecule has 1 aromatic heterocycles. The van der Waals surface area contributed by atoms with Crippen molar-refractivity contribution in [3.05, 3.63) is 68.2 Å². The Balaban J connectivity index is 1.70. The van der Waals surface area contributed by atoms with Gasteiger partial charge in [0.05, 0.1) is 21.7 Å². The number of rotatable bonds is 3. The first-order valence-corrected chi connectivity index (χ1v) is 11.4. The van der Waals surface area contributed by atoms with Crippen molar-refractivity contribution in [3.63, 3.8) is 0 Å². The van der Waals surface area contributed by atoms with Gasteiger partial charge >= 0.3 is 5.91 Å². The van der Waals surface area contributed by atoms with Crippen molar-refractivity contribution in [2.24, 2.45) is 0 Å². The summed E-state index contributed by atoms with van der Waals surface area (Å²) in [5.74, 6) is -1.08. The van der Waals surface area contributed by atoms with Crippen LogP contribution >= 0.6 is 34.5 Å². The van der Waals surface area contributed by atoms with Crippen molar-refractivity contribution in [1.82, 2.24) is 10.2 Å². The van der Waals surface area contributed by atoms with Gasteiger partial charge in [0.25, 0.3) is 5.78 Å². The fourth-order valence-electron chi connectivity index (χ4n) is 3.76. The molecular formula is C22H15Cl2N3O5S. The van der Waals surface area contributed by atoms with Crippen molar-refractivity contribution < 1.29 is 24.2 Å². The standard InChI is InChI=1S/C22H15Cl2N3O5S/c1-10-25-26-22(33-10)27-18(11-2-4-13(23)14(24)8-11)17(20(29)21(27)30)19(28)12-3-5-15-16(9-12)32-7-6-31-15/h2-5,8-9,18,28H,6-7H2,1H3/b19-17+. The summed E-state index contributed by atoms with van der Waals surface area (Å²) < 4.78 is 11.1. The topological polar surface area (TPSA) is 102 Å². The average molecular weight is 504 g/mol. The molecular weight excluding hydrogens is 489 g/mol. The maximum atomic E-state index is 13.2. The number of halogens is 2. The van der Waals surface area contributed by atoms with Crippen LogP contribution in [0.4, 0.5) is 5.13 Å². The van der Waals surface area contributed by atoms with E-state index in [4.69, 9.17) is 32.7 Å². The van der Waals surface area contributed by atoms with Crippen LogP contribution in [0.1, 0.15) is 22.2 Å². The molecule has 2 aromatic carbocycles. The van der Waals surface area contributed by atoms with Gasteiger partial charge in [-0.3, -0.25) is 14.5 Å². The highest BCUT2D eigenvalue weighted by molar-refractivity contribution is 7.15. The number of aliphatic hydroxyl groups is 1. The number of aromatic nitrogens is 2. The van der Waals surface area contributed by atoms with Gasteiger partial charge in [0, 0.05) is 5.56 Å². The fraction of sp³-hybridized carbons (Fsp3) is 0.182. The van der Waals surface area contributed by atoms with E-state index in [-0.39, 0.29) is 21.5 Å². The molecule has 1 N–H and O–H groups in total. The first-order valence-electron chi connectivity index (χ1n) is 9.81. The molecule has 1 saturated heterocycles. The Morgan fingerprint density at radius 2 is 1.82 bits per heavy atom. The number of ether oxygens (including phenoxy) is 2. The number of Topliss-reactive ketones (excluding diaryl/α,β-unsaturated/α-hetero) is 1. The first-order chi connectivity index (χ1) is 15.8. The Kier molecular flexibility index (Phi) is 5.48. The molecule has 1 unspecified atom stereocenters. The van der Waals surface area contributed by atoms with Crippen LogP contribution in [0.15, 0.2) is 42.0 Å². The van der Waals surface area contributed by atoms with E-state index in [0.717, 1.165) is 11.3 Å². The number of aliphatic hydroxyl groups excluding tert-OH is 1. The Morgan fingerprint density at radius 1 is 1.06 bits per heavy atom. The first kappa shape index (κ1) is 21.7. The fourth-order valence-corrected chi connectivity index (χ4v) is 4.78. The van der Waals surface area contributed by atoms with Crippen molar-refractivity contribution in [2.45, 2.75) is 13.0 Å².